The Labute approximate surface area is 234 Å². The monoisotopic (exact) mass is 547 g/mol. The van der Waals surface area contributed by atoms with Gasteiger partial charge in [-0.05, 0) is 83.2 Å². The van der Waals surface area contributed by atoms with Gasteiger partial charge < -0.3 is 19.8 Å². The van der Waals surface area contributed by atoms with Crippen molar-refractivity contribution in [2.75, 3.05) is 18.5 Å². The number of nitrogens with one attached hydrogen (secondary N) is 2. The first kappa shape index (κ1) is 28.8. The number of piperidine rings is 1. The lowest BCUT2D eigenvalue weighted by Crippen LogP contribution is -2.42. The zero-order valence-electron chi connectivity index (χ0n) is 23.7. The fraction of sp³-hybridized carbons (Fsp3) is 0.433. The minimum Gasteiger partial charge on any atom is -0.461 e. The molecule has 1 fully saturated rings. The number of hydrogen-bond acceptors (Lipinski definition) is 7. The van der Waals surface area contributed by atoms with E-state index in [-0.39, 0.29) is 24.2 Å². The number of amides is 2. The summed E-state index contributed by atoms with van der Waals surface area (Å²) in [6.07, 6.45) is 4.54. The number of likely N-dealkylation sites (tertiary alicyclic amines) is 1. The highest BCUT2D eigenvalue weighted by Gasteiger charge is 2.34. The molecule has 0 spiro atoms. The molecule has 1 aliphatic rings. The van der Waals surface area contributed by atoms with Crippen LogP contribution < -0.4 is 5.32 Å². The number of carbonyl (C=O) groups is 3. The number of esters is 1. The predicted molar refractivity (Wildman–Crippen MR) is 151 cm³/mol. The van der Waals surface area contributed by atoms with Gasteiger partial charge >= 0.3 is 12.1 Å². The number of H-pyrrole nitrogens is 1. The number of pyridine rings is 1. The Balaban J connectivity index is 1.62. The predicted octanol–water partition coefficient (Wildman–Crippen LogP) is 5.93. The first-order valence-corrected chi connectivity index (χ1v) is 13.7. The van der Waals surface area contributed by atoms with Gasteiger partial charge in [0.25, 0.3) is 5.91 Å². The average molecular weight is 548 g/mol. The lowest BCUT2D eigenvalue weighted by Gasteiger charge is -2.35. The van der Waals surface area contributed by atoms with Gasteiger partial charge in [-0.25, -0.2) is 19.6 Å². The van der Waals surface area contributed by atoms with Crippen molar-refractivity contribution in [3.8, 4) is 11.3 Å². The normalized spacial score (nSPS) is 15.4. The molecule has 40 heavy (non-hydrogen) atoms. The summed E-state index contributed by atoms with van der Waals surface area (Å²) in [5, 5.41) is 2.82. The largest absolute Gasteiger partial charge is 0.461 e. The van der Waals surface area contributed by atoms with Crippen LogP contribution in [0.3, 0.4) is 0 Å². The molecule has 0 radical (unpaired) electrons. The summed E-state index contributed by atoms with van der Waals surface area (Å²) in [5.74, 6) is 0.139. The maximum absolute atomic E-state index is 13.0. The number of aryl methyl sites for hydroxylation is 1. The van der Waals surface area contributed by atoms with Crippen molar-refractivity contribution in [2.45, 2.75) is 71.9 Å². The van der Waals surface area contributed by atoms with E-state index < -0.39 is 17.7 Å². The fourth-order valence-corrected chi connectivity index (χ4v) is 4.59. The summed E-state index contributed by atoms with van der Waals surface area (Å²) < 4.78 is 10.9. The van der Waals surface area contributed by atoms with Crippen LogP contribution in [-0.4, -0.2) is 56.6 Å². The molecule has 10 nitrogen and oxygen atoms in total. The average Bonchev–Trinajstić information content (AvgIpc) is 3.38. The van der Waals surface area contributed by atoms with Crippen LogP contribution in [0.25, 0.3) is 11.3 Å². The molecule has 2 N–H and O–H groups in total. The second-order valence-corrected chi connectivity index (χ2v) is 10.7. The van der Waals surface area contributed by atoms with Gasteiger partial charge in [0.1, 0.15) is 22.9 Å². The van der Waals surface area contributed by atoms with E-state index in [1.54, 1.807) is 42.3 Å². The van der Waals surface area contributed by atoms with E-state index in [0.717, 1.165) is 24.8 Å². The number of imidazole rings is 1. The highest BCUT2D eigenvalue weighted by molar-refractivity contribution is 6.04. The van der Waals surface area contributed by atoms with Crippen LogP contribution in [0.4, 0.5) is 10.6 Å². The molecule has 4 rings (SSSR count). The van der Waals surface area contributed by atoms with Crippen molar-refractivity contribution in [2.24, 2.45) is 0 Å². The van der Waals surface area contributed by atoms with Gasteiger partial charge in [-0.3, -0.25) is 9.69 Å². The van der Waals surface area contributed by atoms with Crippen molar-refractivity contribution in [1.82, 2.24) is 19.9 Å². The zero-order valence-corrected chi connectivity index (χ0v) is 23.7. The zero-order chi connectivity index (χ0) is 28.9. The molecule has 2 aromatic heterocycles. The molecule has 212 valence electrons. The van der Waals surface area contributed by atoms with Gasteiger partial charge in [0.05, 0.1) is 12.6 Å². The number of rotatable bonds is 7. The number of benzene rings is 1. The van der Waals surface area contributed by atoms with E-state index in [9.17, 15) is 14.4 Å². The fourth-order valence-electron chi connectivity index (χ4n) is 4.59. The molecule has 1 atom stereocenters. The summed E-state index contributed by atoms with van der Waals surface area (Å²) in [6.45, 7) is 9.99. The molecule has 1 aromatic carbocycles. The van der Waals surface area contributed by atoms with Crippen LogP contribution in [-0.2, 0) is 15.9 Å². The van der Waals surface area contributed by atoms with E-state index in [4.69, 9.17) is 14.5 Å². The van der Waals surface area contributed by atoms with E-state index >= 15 is 0 Å². The third-order valence-electron chi connectivity index (χ3n) is 6.54. The Morgan fingerprint density at radius 2 is 1.85 bits per heavy atom. The van der Waals surface area contributed by atoms with E-state index in [0.29, 0.717) is 41.4 Å². The third kappa shape index (κ3) is 6.86. The number of ether oxygens (including phenoxy) is 2. The van der Waals surface area contributed by atoms with Gasteiger partial charge in [-0.2, -0.15) is 0 Å². The van der Waals surface area contributed by atoms with Crippen molar-refractivity contribution in [1.29, 1.82) is 0 Å². The Morgan fingerprint density at radius 3 is 2.52 bits per heavy atom. The molecule has 3 aromatic rings. The van der Waals surface area contributed by atoms with Crippen LogP contribution in [0, 0.1) is 0 Å². The summed E-state index contributed by atoms with van der Waals surface area (Å²) in [7, 11) is 0. The smallest absolute Gasteiger partial charge is 0.410 e. The maximum Gasteiger partial charge on any atom is 0.410 e. The standard InChI is InChI=1S/C30H37N5O5/c1-6-19-15-16-31-23(18-19)32-27(36)21-13-11-20(12-14-21)24-25(28(37)39-7-2)34-26(33-24)22-10-8-9-17-35(22)29(38)40-30(3,4)5/h11-16,18,22H,6-10,17H2,1-5H3,(H,33,34)(H,31,32,36). The summed E-state index contributed by atoms with van der Waals surface area (Å²) in [5.41, 5.74) is 2.10. The summed E-state index contributed by atoms with van der Waals surface area (Å²) in [4.78, 5) is 52.5. The molecule has 3 heterocycles. The van der Waals surface area contributed by atoms with Crippen LogP contribution in [0.15, 0.2) is 42.6 Å². The minimum atomic E-state index is -0.633. The number of aromatic amines is 1. The molecule has 1 unspecified atom stereocenters. The quantitative estimate of drug-likeness (QED) is 0.351. The van der Waals surface area contributed by atoms with Crippen LogP contribution in [0.5, 0.6) is 0 Å². The molecule has 0 saturated carbocycles. The van der Waals surface area contributed by atoms with Gasteiger partial charge in [-0.15, -0.1) is 0 Å². The first-order chi connectivity index (χ1) is 19.1. The Morgan fingerprint density at radius 1 is 1.10 bits per heavy atom. The second kappa shape index (κ2) is 12.3. The summed E-state index contributed by atoms with van der Waals surface area (Å²) >= 11 is 0. The molecule has 1 aliphatic heterocycles. The van der Waals surface area contributed by atoms with Crippen molar-refractivity contribution >= 4 is 23.8 Å². The third-order valence-corrected chi connectivity index (χ3v) is 6.54. The highest BCUT2D eigenvalue weighted by atomic mass is 16.6. The van der Waals surface area contributed by atoms with Gasteiger partial charge in [0.2, 0.25) is 0 Å². The Bertz CT molecular complexity index is 1360. The first-order valence-electron chi connectivity index (χ1n) is 13.7. The van der Waals surface area contributed by atoms with Gasteiger partial charge in [0.15, 0.2) is 5.69 Å². The van der Waals surface area contributed by atoms with Crippen molar-refractivity contribution in [3.63, 3.8) is 0 Å². The lowest BCUT2D eigenvalue weighted by molar-refractivity contribution is 0.00853. The van der Waals surface area contributed by atoms with Gasteiger partial charge in [0, 0.05) is 23.9 Å². The van der Waals surface area contributed by atoms with Crippen LogP contribution in [0.1, 0.15) is 92.2 Å². The van der Waals surface area contributed by atoms with E-state index in [1.165, 1.54) is 0 Å². The van der Waals surface area contributed by atoms with Crippen molar-refractivity contribution < 1.29 is 23.9 Å². The van der Waals surface area contributed by atoms with Crippen molar-refractivity contribution in [3.05, 3.63) is 65.2 Å². The second-order valence-electron chi connectivity index (χ2n) is 10.7. The SMILES string of the molecule is CCOC(=O)c1[nH]c(C2CCCCN2C(=O)OC(C)(C)C)nc1-c1ccc(C(=O)Nc2cc(CC)ccn2)cc1. The maximum atomic E-state index is 13.0. The molecule has 0 aliphatic carbocycles. The van der Waals surface area contributed by atoms with Crippen LogP contribution >= 0.6 is 0 Å². The number of aromatic nitrogens is 3. The number of carbonyl (C=O) groups excluding carboxylic acids is 3. The molecule has 1 saturated heterocycles. The van der Waals surface area contributed by atoms with Crippen LogP contribution in [0.2, 0.25) is 0 Å². The molecule has 10 heteroatoms. The summed E-state index contributed by atoms with van der Waals surface area (Å²) in [6, 6.07) is 10.2. The van der Waals surface area contributed by atoms with E-state index in [1.807, 2.05) is 39.8 Å². The Hall–Kier alpha value is -4.21. The molecular formula is C30H37N5O5. The molecule has 2 amide bonds. The topological polar surface area (TPSA) is 127 Å². The van der Waals surface area contributed by atoms with Gasteiger partial charge in [-0.1, -0.05) is 19.1 Å². The number of hydrogen-bond donors (Lipinski definition) is 2. The molecule has 0 bridgehead atoms. The molecular weight excluding hydrogens is 510 g/mol. The Kier molecular flexibility index (Phi) is 8.86. The number of anilines is 1. The highest BCUT2D eigenvalue weighted by Crippen LogP contribution is 2.33. The minimum absolute atomic E-state index is 0.198. The lowest BCUT2D eigenvalue weighted by atomic mass is 10.0. The van der Waals surface area contributed by atoms with E-state index in [2.05, 4.69) is 15.3 Å². The number of nitrogens with zero attached hydrogens (tertiary/aromatic N) is 3.